The van der Waals surface area contributed by atoms with Gasteiger partial charge in [0, 0.05) is 29.6 Å². The number of rotatable bonds is 18. The maximum atomic E-state index is 14.1. The molecule has 11 heteroatoms. The number of hydrogen-bond donors (Lipinski definition) is 3. The van der Waals surface area contributed by atoms with Gasteiger partial charge >= 0.3 is 6.09 Å². The zero-order valence-corrected chi connectivity index (χ0v) is 29.5. The zero-order chi connectivity index (χ0) is 34.7. The third kappa shape index (κ3) is 10.3. The highest BCUT2D eigenvalue weighted by molar-refractivity contribution is 7.89. The molecule has 3 aromatic rings. The Morgan fingerprint density at radius 2 is 1.48 bits per heavy atom. The van der Waals surface area contributed by atoms with Crippen LogP contribution in [0, 0.1) is 11.8 Å². The number of methoxy groups -OCH3 is 1. The van der Waals surface area contributed by atoms with E-state index in [1.54, 1.807) is 12.1 Å². The van der Waals surface area contributed by atoms with Crippen molar-refractivity contribution in [2.24, 2.45) is 11.8 Å². The van der Waals surface area contributed by atoms with Crippen molar-refractivity contribution >= 4 is 33.6 Å². The lowest BCUT2D eigenvalue weighted by molar-refractivity contribution is -0.124. The van der Waals surface area contributed by atoms with Gasteiger partial charge < -0.3 is 20.5 Å². The number of aliphatic hydroxyl groups is 1. The lowest BCUT2D eigenvalue weighted by atomic mass is 9.84. The van der Waals surface area contributed by atoms with Gasteiger partial charge in [-0.15, -0.1) is 0 Å². The third-order valence-corrected chi connectivity index (χ3v) is 11.1. The number of halogens is 1. The fourth-order valence-corrected chi connectivity index (χ4v) is 7.89. The molecule has 0 radical (unpaired) electrons. The van der Waals surface area contributed by atoms with E-state index >= 15 is 0 Å². The SMILES string of the molecule is COC(=O)N[C@H](C(=O)N[C@H](CCC[C@@H](CO)N(CCC(C)C)S(=O)(=O)c1ccc(Cl)cc1)C1CC1)C(c1ccccc1)c1ccccc1. The highest BCUT2D eigenvalue weighted by atomic mass is 35.5. The Labute approximate surface area is 290 Å². The van der Waals surface area contributed by atoms with Crippen molar-refractivity contribution in [1.82, 2.24) is 14.9 Å². The van der Waals surface area contributed by atoms with Gasteiger partial charge in [-0.05, 0) is 85.8 Å². The maximum Gasteiger partial charge on any atom is 0.407 e. The number of nitrogens with one attached hydrogen (secondary N) is 2. The monoisotopic (exact) mass is 697 g/mol. The molecular formula is C37H48ClN3O6S. The average Bonchev–Trinajstić information content (AvgIpc) is 3.93. The second-order valence-electron chi connectivity index (χ2n) is 12.9. The Balaban J connectivity index is 1.52. The maximum absolute atomic E-state index is 14.1. The molecule has 0 bridgehead atoms. The number of aliphatic hydroxyl groups excluding tert-OH is 1. The standard InChI is InChI=1S/C37H48ClN3O6S/c1-26(2)23-24-41(48(45,46)32-21-19-30(38)20-22-32)31(25-42)15-10-16-33(27-17-18-27)39-36(43)35(40-37(44)47-3)34(28-11-6-4-7-12-28)29-13-8-5-9-14-29/h4-9,11-14,19-22,26-27,31,33-35,42H,10,15-18,23-25H2,1-3H3,(H,39,43)(H,40,44)/t31-,33+,35-/m0/s1. The van der Waals surface area contributed by atoms with E-state index in [4.69, 9.17) is 16.3 Å². The first-order valence-corrected chi connectivity index (χ1v) is 18.5. The van der Waals surface area contributed by atoms with Crippen LogP contribution in [-0.2, 0) is 19.6 Å². The number of amides is 2. The summed E-state index contributed by atoms with van der Waals surface area (Å²) in [5.41, 5.74) is 1.75. The van der Waals surface area contributed by atoms with Crippen LogP contribution < -0.4 is 10.6 Å². The third-order valence-electron chi connectivity index (χ3n) is 8.93. The molecule has 0 aliphatic heterocycles. The van der Waals surface area contributed by atoms with E-state index in [2.05, 4.69) is 10.6 Å². The summed E-state index contributed by atoms with van der Waals surface area (Å²) in [7, 11) is -2.62. The van der Waals surface area contributed by atoms with E-state index in [0.29, 0.717) is 30.7 Å². The zero-order valence-electron chi connectivity index (χ0n) is 27.9. The molecule has 48 heavy (non-hydrogen) atoms. The molecular weight excluding hydrogens is 650 g/mol. The quantitative estimate of drug-likeness (QED) is 0.142. The number of ether oxygens (including phenoxy) is 1. The summed E-state index contributed by atoms with van der Waals surface area (Å²) in [4.78, 5) is 26.8. The summed E-state index contributed by atoms with van der Waals surface area (Å²) in [6.45, 7) is 4.02. The van der Waals surface area contributed by atoms with Crippen molar-refractivity contribution in [3.8, 4) is 0 Å². The van der Waals surface area contributed by atoms with Crippen LogP contribution >= 0.6 is 11.6 Å². The van der Waals surface area contributed by atoms with Crippen molar-refractivity contribution in [2.45, 2.75) is 81.3 Å². The smallest absolute Gasteiger partial charge is 0.407 e. The van der Waals surface area contributed by atoms with Crippen LogP contribution in [0.25, 0.3) is 0 Å². The Morgan fingerprint density at radius 3 is 1.98 bits per heavy atom. The van der Waals surface area contributed by atoms with E-state index in [0.717, 1.165) is 24.0 Å². The predicted octanol–water partition coefficient (Wildman–Crippen LogP) is 6.36. The first-order valence-electron chi connectivity index (χ1n) is 16.7. The number of alkyl carbamates (subject to hydrolysis) is 1. The summed E-state index contributed by atoms with van der Waals surface area (Å²) in [6.07, 6.45) is 3.47. The highest BCUT2D eigenvalue weighted by Crippen LogP contribution is 2.36. The van der Waals surface area contributed by atoms with Crippen molar-refractivity contribution in [1.29, 1.82) is 0 Å². The van der Waals surface area contributed by atoms with Crippen LogP contribution in [0.2, 0.25) is 5.02 Å². The molecule has 3 atom stereocenters. The van der Waals surface area contributed by atoms with Gasteiger partial charge in [-0.3, -0.25) is 4.79 Å². The minimum Gasteiger partial charge on any atom is -0.453 e. The Bertz CT molecular complexity index is 1510. The first-order chi connectivity index (χ1) is 23.0. The molecule has 1 aliphatic carbocycles. The fraction of sp³-hybridized carbons (Fsp3) is 0.459. The second kappa shape index (κ2) is 17.8. The Kier molecular flexibility index (Phi) is 13.9. The fourth-order valence-electron chi connectivity index (χ4n) is 6.11. The lowest BCUT2D eigenvalue weighted by Gasteiger charge is -2.31. The van der Waals surface area contributed by atoms with Crippen LogP contribution in [0.5, 0.6) is 0 Å². The molecule has 3 aromatic carbocycles. The van der Waals surface area contributed by atoms with Gasteiger partial charge in [-0.25, -0.2) is 13.2 Å². The summed E-state index contributed by atoms with van der Waals surface area (Å²) in [6, 6.07) is 23.5. The molecule has 0 saturated heterocycles. The molecule has 3 N–H and O–H groups in total. The van der Waals surface area contributed by atoms with E-state index in [1.807, 2.05) is 74.5 Å². The summed E-state index contributed by atoms with van der Waals surface area (Å²) in [5, 5.41) is 16.9. The van der Waals surface area contributed by atoms with Gasteiger partial charge in [0.25, 0.3) is 0 Å². The molecule has 1 saturated carbocycles. The minimum absolute atomic E-state index is 0.132. The molecule has 9 nitrogen and oxygen atoms in total. The van der Waals surface area contributed by atoms with Crippen molar-refractivity contribution in [3.63, 3.8) is 0 Å². The molecule has 4 rings (SSSR count). The first kappa shape index (κ1) is 37.4. The van der Waals surface area contributed by atoms with Crippen LogP contribution in [0.15, 0.2) is 89.8 Å². The van der Waals surface area contributed by atoms with Crippen molar-refractivity contribution in [3.05, 3.63) is 101 Å². The molecule has 1 aliphatic rings. The topological polar surface area (TPSA) is 125 Å². The van der Waals surface area contributed by atoms with E-state index in [1.165, 1.54) is 23.5 Å². The largest absolute Gasteiger partial charge is 0.453 e. The second-order valence-corrected chi connectivity index (χ2v) is 15.2. The Hall–Kier alpha value is -3.44. The number of benzene rings is 3. The minimum atomic E-state index is -3.89. The normalized spacial score (nSPS) is 15.2. The van der Waals surface area contributed by atoms with E-state index in [9.17, 15) is 23.1 Å². The van der Waals surface area contributed by atoms with Crippen LogP contribution in [0.4, 0.5) is 4.79 Å². The Morgan fingerprint density at radius 1 is 0.896 bits per heavy atom. The van der Waals surface area contributed by atoms with E-state index in [-0.39, 0.29) is 41.8 Å². The van der Waals surface area contributed by atoms with Crippen LogP contribution in [-0.4, -0.2) is 68.2 Å². The number of carbonyl (C=O) groups excluding carboxylic acids is 2. The van der Waals surface area contributed by atoms with Crippen molar-refractivity contribution in [2.75, 3.05) is 20.3 Å². The molecule has 0 unspecified atom stereocenters. The van der Waals surface area contributed by atoms with Gasteiger partial charge in [0.1, 0.15) is 6.04 Å². The lowest BCUT2D eigenvalue weighted by Crippen LogP contribution is -2.53. The average molecular weight is 698 g/mol. The van der Waals surface area contributed by atoms with Crippen molar-refractivity contribution < 1.29 is 27.9 Å². The van der Waals surface area contributed by atoms with E-state index < -0.39 is 34.1 Å². The van der Waals surface area contributed by atoms with Gasteiger partial charge in [0.15, 0.2) is 0 Å². The summed E-state index contributed by atoms with van der Waals surface area (Å²) >= 11 is 6.02. The van der Waals surface area contributed by atoms with Gasteiger partial charge in [0.05, 0.1) is 18.6 Å². The number of nitrogens with zero attached hydrogens (tertiary/aromatic N) is 1. The van der Waals surface area contributed by atoms with Crippen LogP contribution in [0.1, 0.15) is 69.4 Å². The number of sulfonamides is 1. The molecule has 2 amide bonds. The summed E-state index contributed by atoms with van der Waals surface area (Å²) < 4.78 is 33.9. The molecule has 1 fully saturated rings. The molecule has 260 valence electrons. The van der Waals surface area contributed by atoms with Gasteiger partial charge in [0.2, 0.25) is 15.9 Å². The predicted molar refractivity (Wildman–Crippen MR) is 188 cm³/mol. The number of carbonyl (C=O) groups is 2. The summed E-state index contributed by atoms with van der Waals surface area (Å²) in [5.74, 6) is -0.249. The van der Waals surface area contributed by atoms with Gasteiger partial charge in [-0.1, -0.05) is 86.1 Å². The molecule has 0 heterocycles. The number of hydrogen-bond acceptors (Lipinski definition) is 6. The molecule has 0 spiro atoms. The van der Waals surface area contributed by atoms with Gasteiger partial charge in [-0.2, -0.15) is 4.31 Å². The molecule has 0 aromatic heterocycles. The highest BCUT2D eigenvalue weighted by Gasteiger charge is 2.38. The van der Waals surface area contributed by atoms with Crippen LogP contribution in [0.3, 0.4) is 0 Å².